The van der Waals surface area contributed by atoms with Crippen molar-refractivity contribution in [2.24, 2.45) is 5.92 Å². The SMILES string of the molecule is CCCCC(CC)COc1ccc(S([NH])(=O)=O)cc1. The maximum Gasteiger partial charge on any atom is 0.254 e. The summed E-state index contributed by atoms with van der Waals surface area (Å²) in [5, 5.41) is 6.95. The highest BCUT2D eigenvalue weighted by atomic mass is 32.2. The third-order valence-corrected chi connectivity index (χ3v) is 4.06. The number of benzene rings is 1. The summed E-state index contributed by atoms with van der Waals surface area (Å²) in [5.41, 5.74) is 0. The quantitative estimate of drug-likeness (QED) is 0.736. The molecule has 0 amide bonds. The molecule has 1 rings (SSSR count). The fourth-order valence-electron chi connectivity index (χ4n) is 1.83. The molecular weight excluding hydrogens is 262 g/mol. The number of rotatable bonds is 8. The smallest absolute Gasteiger partial charge is 0.254 e. The molecular formula is C14H22NO3S. The van der Waals surface area contributed by atoms with Crippen LogP contribution in [-0.4, -0.2) is 15.0 Å². The molecule has 0 bridgehead atoms. The van der Waals surface area contributed by atoms with Crippen LogP contribution < -0.4 is 9.88 Å². The lowest BCUT2D eigenvalue weighted by Gasteiger charge is -2.15. The van der Waals surface area contributed by atoms with Crippen molar-refractivity contribution in [3.8, 4) is 5.75 Å². The first-order valence-corrected chi connectivity index (χ1v) is 8.18. The molecule has 0 heterocycles. The van der Waals surface area contributed by atoms with Gasteiger partial charge in [-0.3, -0.25) is 0 Å². The molecule has 1 atom stereocenters. The first kappa shape index (κ1) is 16.0. The lowest BCUT2D eigenvalue weighted by Crippen LogP contribution is -2.11. The van der Waals surface area contributed by atoms with Crippen LogP contribution in [0, 0.1) is 5.92 Å². The minimum absolute atomic E-state index is 0.00197. The molecule has 1 radical (unpaired) electrons. The van der Waals surface area contributed by atoms with Gasteiger partial charge in [0.2, 0.25) is 0 Å². The fraction of sp³-hybridized carbons (Fsp3) is 0.571. The first-order chi connectivity index (χ1) is 8.97. The van der Waals surface area contributed by atoms with Crippen LogP contribution in [0.5, 0.6) is 5.75 Å². The van der Waals surface area contributed by atoms with Gasteiger partial charge in [-0.05, 0) is 36.6 Å². The summed E-state index contributed by atoms with van der Waals surface area (Å²) in [6, 6.07) is 6.03. The van der Waals surface area contributed by atoms with Gasteiger partial charge in [-0.1, -0.05) is 33.1 Å². The Balaban J connectivity index is 2.53. The number of sulfonamides is 1. The zero-order valence-corrected chi connectivity index (χ0v) is 12.4. The number of unbranched alkanes of at least 4 members (excludes halogenated alkanes) is 1. The van der Waals surface area contributed by atoms with Crippen molar-refractivity contribution in [3.05, 3.63) is 24.3 Å². The van der Waals surface area contributed by atoms with Crippen molar-refractivity contribution in [1.82, 2.24) is 5.14 Å². The van der Waals surface area contributed by atoms with E-state index >= 15 is 0 Å². The van der Waals surface area contributed by atoms with E-state index in [0.717, 1.165) is 12.8 Å². The predicted octanol–water partition coefficient (Wildman–Crippen LogP) is 3.25. The van der Waals surface area contributed by atoms with E-state index < -0.39 is 10.0 Å². The Bertz CT molecular complexity index is 468. The van der Waals surface area contributed by atoms with Gasteiger partial charge in [0.15, 0.2) is 0 Å². The lowest BCUT2D eigenvalue weighted by atomic mass is 10.0. The Morgan fingerprint density at radius 3 is 2.32 bits per heavy atom. The van der Waals surface area contributed by atoms with Gasteiger partial charge in [0, 0.05) is 0 Å². The topological polar surface area (TPSA) is 67.2 Å². The Morgan fingerprint density at radius 1 is 1.21 bits per heavy atom. The Morgan fingerprint density at radius 2 is 1.84 bits per heavy atom. The molecule has 0 saturated heterocycles. The molecule has 107 valence electrons. The van der Waals surface area contributed by atoms with Crippen LogP contribution in [0.15, 0.2) is 29.2 Å². The van der Waals surface area contributed by atoms with Crippen molar-refractivity contribution < 1.29 is 13.2 Å². The van der Waals surface area contributed by atoms with Gasteiger partial charge in [0.05, 0.1) is 11.5 Å². The molecule has 0 saturated carbocycles. The minimum atomic E-state index is -3.87. The van der Waals surface area contributed by atoms with Gasteiger partial charge in [0.25, 0.3) is 10.0 Å². The van der Waals surface area contributed by atoms with Crippen LogP contribution in [0.2, 0.25) is 0 Å². The molecule has 0 aliphatic carbocycles. The van der Waals surface area contributed by atoms with Gasteiger partial charge in [-0.15, -0.1) is 5.14 Å². The van der Waals surface area contributed by atoms with E-state index in [1.807, 2.05) is 0 Å². The monoisotopic (exact) mass is 284 g/mol. The van der Waals surface area contributed by atoms with Crippen molar-refractivity contribution in [2.75, 3.05) is 6.61 Å². The molecule has 0 fully saturated rings. The van der Waals surface area contributed by atoms with E-state index in [1.54, 1.807) is 12.1 Å². The fourth-order valence-corrected chi connectivity index (χ4v) is 2.32. The van der Waals surface area contributed by atoms with Crippen LogP contribution in [0.4, 0.5) is 0 Å². The molecule has 19 heavy (non-hydrogen) atoms. The molecule has 0 spiro atoms. The highest BCUT2D eigenvalue weighted by Crippen LogP contribution is 2.18. The molecule has 0 aromatic heterocycles. The van der Waals surface area contributed by atoms with Crippen molar-refractivity contribution >= 4 is 10.0 Å². The van der Waals surface area contributed by atoms with Gasteiger partial charge in [-0.2, -0.15) is 0 Å². The van der Waals surface area contributed by atoms with Crippen LogP contribution in [0.3, 0.4) is 0 Å². The van der Waals surface area contributed by atoms with E-state index in [0.29, 0.717) is 18.3 Å². The Hall–Kier alpha value is -1.07. The zero-order chi connectivity index (χ0) is 14.3. The Labute approximate surface area is 116 Å². The molecule has 1 N–H and O–H groups in total. The summed E-state index contributed by atoms with van der Waals surface area (Å²) in [5.74, 6) is 1.20. The van der Waals surface area contributed by atoms with Crippen molar-refractivity contribution in [1.29, 1.82) is 0 Å². The van der Waals surface area contributed by atoms with Gasteiger partial charge < -0.3 is 4.74 Å². The van der Waals surface area contributed by atoms with Gasteiger partial charge in [0.1, 0.15) is 5.75 Å². The molecule has 5 heteroatoms. The molecule has 1 aromatic carbocycles. The standard InChI is InChI=1S/C14H22NO3S/c1-3-5-6-12(4-2)11-18-13-7-9-14(10-8-13)19(15,16)17/h7-10,12,15H,3-6,11H2,1-2H3. The van der Waals surface area contributed by atoms with Crippen molar-refractivity contribution in [3.63, 3.8) is 0 Å². The molecule has 1 aromatic rings. The van der Waals surface area contributed by atoms with Crippen LogP contribution in [-0.2, 0) is 10.0 Å². The maximum atomic E-state index is 11.0. The Kier molecular flexibility index (Phi) is 6.31. The summed E-state index contributed by atoms with van der Waals surface area (Å²) >= 11 is 0. The molecule has 1 unspecified atom stereocenters. The summed E-state index contributed by atoms with van der Waals surface area (Å²) in [6.07, 6.45) is 4.63. The third-order valence-electron chi connectivity index (χ3n) is 3.16. The van der Waals surface area contributed by atoms with Gasteiger partial charge in [-0.25, -0.2) is 8.42 Å². The minimum Gasteiger partial charge on any atom is -0.493 e. The zero-order valence-electron chi connectivity index (χ0n) is 11.6. The summed E-state index contributed by atoms with van der Waals surface area (Å²) in [4.78, 5) is -0.00197. The molecule has 4 nitrogen and oxygen atoms in total. The van der Waals surface area contributed by atoms with E-state index in [-0.39, 0.29) is 4.90 Å². The largest absolute Gasteiger partial charge is 0.493 e. The average molecular weight is 284 g/mol. The second kappa shape index (κ2) is 7.50. The number of ether oxygens (including phenoxy) is 1. The third kappa shape index (κ3) is 5.61. The van der Waals surface area contributed by atoms with E-state index in [1.165, 1.54) is 25.0 Å². The van der Waals surface area contributed by atoms with Crippen LogP contribution in [0.1, 0.15) is 39.5 Å². The summed E-state index contributed by atoms with van der Waals surface area (Å²) in [7, 11) is -3.87. The summed E-state index contributed by atoms with van der Waals surface area (Å²) in [6.45, 7) is 4.98. The number of hydrogen-bond acceptors (Lipinski definition) is 3. The van der Waals surface area contributed by atoms with Crippen molar-refractivity contribution in [2.45, 2.75) is 44.4 Å². The number of nitrogens with one attached hydrogen (secondary N) is 1. The predicted molar refractivity (Wildman–Crippen MR) is 75.5 cm³/mol. The molecule has 0 aliphatic rings. The first-order valence-electron chi connectivity index (χ1n) is 6.69. The second-order valence-electron chi connectivity index (χ2n) is 4.70. The molecule has 0 aliphatic heterocycles. The average Bonchev–Trinajstić information content (AvgIpc) is 2.38. The van der Waals surface area contributed by atoms with E-state index in [4.69, 9.17) is 9.88 Å². The lowest BCUT2D eigenvalue weighted by molar-refractivity contribution is 0.233. The van der Waals surface area contributed by atoms with Gasteiger partial charge >= 0.3 is 0 Å². The highest BCUT2D eigenvalue weighted by Gasteiger charge is 2.09. The highest BCUT2D eigenvalue weighted by molar-refractivity contribution is 7.88. The van der Waals surface area contributed by atoms with Crippen LogP contribution >= 0.6 is 0 Å². The maximum absolute atomic E-state index is 11.0. The normalized spacial score (nSPS) is 13.2. The van der Waals surface area contributed by atoms with E-state index in [9.17, 15) is 8.42 Å². The second-order valence-corrected chi connectivity index (χ2v) is 6.18. The number of hydrogen-bond donors (Lipinski definition) is 0. The summed E-state index contributed by atoms with van der Waals surface area (Å²) < 4.78 is 27.7. The van der Waals surface area contributed by atoms with Crippen LogP contribution in [0.25, 0.3) is 0 Å². The van der Waals surface area contributed by atoms with E-state index in [2.05, 4.69) is 13.8 Å².